The highest BCUT2D eigenvalue weighted by Crippen LogP contribution is 2.63. The second-order valence-electron chi connectivity index (χ2n) is 8.85. The van der Waals surface area contributed by atoms with Crippen LogP contribution in [0.25, 0.3) is 0 Å². The van der Waals surface area contributed by atoms with Crippen LogP contribution in [0.3, 0.4) is 0 Å². The summed E-state index contributed by atoms with van der Waals surface area (Å²) in [6.45, 7) is 4.68. The first kappa shape index (κ1) is 14.9. The lowest BCUT2D eigenvalue weighted by Gasteiger charge is -2.56. The normalized spacial score (nSPS) is 54.3. The molecule has 7 atom stereocenters. The van der Waals surface area contributed by atoms with Crippen LogP contribution < -0.4 is 5.73 Å². The van der Waals surface area contributed by atoms with Crippen LogP contribution in [0, 0.1) is 28.6 Å². The van der Waals surface area contributed by atoms with Crippen molar-refractivity contribution in [1.29, 1.82) is 0 Å². The summed E-state index contributed by atoms with van der Waals surface area (Å²) in [5, 5.41) is 10.0. The summed E-state index contributed by atoms with van der Waals surface area (Å²) < 4.78 is 0. The zero-order valence-corrected chi connectivity index (χ0v) is 13.8. The number of nitrogens with two attached hydrogens (primary N) is 1. The number of carbonyl (C=O) groups is 1. The molecule has 0 heterocycles. The molecule has 2 unspecified atom stereocenters. The van der Waals surface area contributed by atoms with Gasteiger partial charge < -0.3 is 10.8 Å². The molecule has 0 aromatic carbocycles. The van der Waals surface area contributed by atoms with Gasteiger partial charge in [-0.05, 0) is 73.7 Å². The van der Waals surface area contributed by atoms with Crippen LogP contribution in [-0.2, 0) is 4.79 Å². The third-order valence-electron chi connectivity index (χ3n) is 7.99. The first-order valence-electron chi connectivity index (χ1n) is 9.05. The van der Waals surface area contributed by atoms with Gasteiger partial charge in [-0.3, -0.25) is 4.79 Å². The molecular weight excluding hydrogens is 274 g/mol. The van der Waals surface area contributed by atoms with Crippen molar-refractivity contribution in [3.63, 3.8) is 0 Å². The summed E-state index contributed by atoms with van der Waals surface area (Å²) in [4.78, 5) is 12.9. The summed E-state index contributed by atoms with van der Waals surface area (Å²) in [5.74, 6) is 1.44. The van der Waals surface area contributed by atoms with E-state index in [1.807, 2.05) is 6.08 Å². The van der Waals surface area contributed by atoms with Gasteiger partial charge in [-0.2, -0.15) is 0 Å². The average molecular weight is 303 g/mol. The fourth-order valence-electron chi connectivity index (χ4n) is 6.42. The molecule has 3 heteroatoms. The molecule has 3 nitrogen and oxygen atoms in total. The topological polar surface area (TPSA) is 63.3 Å². The number of carbonyl (C=O) groups excluding carboxylic acids is 1. The lowest BCUT2D eigenvalue weighted by atomic mass is 9.47. The second kappa shape index (κ2) is 4.67. The van der Waals surface area contributed by atoms with E-state index < -0.39 is 0 Å². The quantitative estimate of drug-likeness (QED) is 0.723. The van der Waals surface area contributed by atoms with E-state index in [0.717, 1.165) is 32.1 Å². The molecule has 3 N–H and O–H groups in total. The predicted octanol–water partition coefficient (Wildman–Crippen LogP) is 2.82. The Balaban J connectivity index is 1.75. The zero-order chi connectivity index (χ0) is 15.7. The minimum atomic E-state index is -0.252. The van der Waals surface area contributed by atoms with Crippen molar-refractivity contribution in [2.75, 3.05) is 0 Å². The highest BCUT2D eigenvalue weighted by atomic mass is 16.3. The first-order chi connectivity index (χ1) is 10.4. The zero-order valence-electron chi connectivity index (χ0n) is 13.8. The van der Waals surface area contributed by atoms with E-state index in [2.05, 4.69) is 13.8 Å². The Bertz CT molecular complexity index is 542. The number of ketones is 1. The molecule has 0 aromatic rings. The Hall–Kier alpha value is -0.670. The van der Waals surface area contributed by atoms with E-state index >= 15 is 0 Å². The number of aliphatic hydroxyl groups is 1. The van der Waals surface area contributed by atoms with Gasteiger partial charge in [0.2, 0.25) is 0 Å². The lowest BCUT2D eigenvalue weighted by molar-refractivity contribution is -0.133. The van der Waals surface area contributed by atoms with Crippen molar-refractivity contribution in [2.45, 2.75) is 70.9 Å². The van der Waals surface area contributed by atoms with E-state index in [1.165, 1.54) is 12.0 Å². The van der Waals surface area contributed by atoms with E-state index in [0.29, 0.717) is 24.0 Å². The van der Waals surface area contributed by atoms with Crippen LogP contribution in [0.1, 0.15) is 58.8 Å². The largest absolute Gasteiger partial charge is 0.393 e. The van der Waals surface area contributed by atoms with E-state index in [1.54, 1.807) is 0 Å². The monoisotopic (exact) mass is 303 g/mol. The maximum atomic E-state index is 12.9. The molecule has 22 heavy (non-hydrogen) atoms. The summed E-state index contributed by atoms with van der Waals surface area (Å²) in [7, 11) is 0. The van der Waals surface area contributed by atoms with Crippen LogP contribution in [0.15, 0.2) is 11.6 Å². The number of aliphatic hydroxyl groups excluding tert-OH is 1. The fourth-order valence-corrected chi connectivity index (χ4v) is 6.42. The average Bonchev–Trinajstić information content (AvgIpc) is 2.77. The number of hydrogen-bond donors (Lipinski definition) is 2. The second-order valence-corrected chi connectivity index (χ2v) is 8.85. The number of allylic oxidation sites excluding steroid dienone is 1. The molecule has 0 spiro atoms. The number of hydrogen-bond acceptors (Lipinski definition) is 3. The van der Waals surface area contributed by atoms with Crippen molar-refractivity contribution in [3.8, 4) is 0 Å². The van der Waals surface area contributed by atoms with Crippen molar-refractivity contribution in [2.24, 2.45) is 34.3 Å². The van der Waals surface area contributed by atoms with Crippen LogP contribution in [-0.4, -0.2) is 23.0 Å². The Morgan fingerprint density at radius 1 is 1.14 bits per heavy atom. The maximum Gasteiger partial charge on any atom is 0.159 e. The molecule has 0 amide bonds. The van der Waals surface area contributed by atoms with Crippen molar-refractivity contribution in [1.82, 2.24) is 0 Å². The van der Waals surface area contributed by atoms with Gasteiger partial charge in [-0.1, -0.05) is 19.4 Å². The highest BCUT2D eigenvalue weighted by Gasteiger charge is 2.60. The highest BCUT2D eigenvalue weighted by molar-refractivity contribution is 5.94. The minimum Gasteiger partial charge on any atom is -0.393 e. The molecule has 4 aliphatic rings. The van der Waals surface area contributed by atoms with Crippen molar-refractivity contribution < 1.29 is 9.90 Å². The smallest absolute Gasteiger partial charge is 0.159 e. The third-order valence-corrected chi connectivity index (χ3v) is 7.99. The van der Waals surface area contributed by atoms with Gasteiger partial charge in [0.15, 0.2) is 5.78 Å². The van der Waals surface area contributed by atoms with Crippen LogP contribution in [0.2, 0.25) is 0 Å². The van der Waals surface area contributed by atoms with Crippen molar-refractivity contribution >= 4 is 5.78 Å². The Kier molecular flexibility index (Phi) is 3.16. The third kappa shape index (κ3) is 1.78. The van der Waals surface area contributed by atoms with Crippen LogP contribution in [0.5, 0.6) is 0 Å². The van der Waals surface area contributed by atoms with E-state index in [4.69, 9.17) is 5.73 Å². The summed E-state index contributed by atoms with van der Waals surface area (Å²) in [6, 6.07) is 0.262. The van der Waals surface area contributed by atoms with Gasteiger partial charge >= 0.3 is 0 Å². The number of rotatable bonds is 0. The Labute approximate surface area is 133 Å². The molecule has 3 fully saturated rings. The van der Waals surface area contributed by atoms with Gasteiger partial charge in [0, 0.05) is 12.0 Å². The van der Waals surface area contributed by atoms with Crippen LogP contribution in [0.4, 0.5) is 0 Å². The summed E-state index contributed by atoms with van der Waals surface area (Å²) in [6.07, 6.45) is 8.76. The van der Waals surface area contributed by atoms with Crippen molar-refractivity contribution in [3.05, 3.63) is 11.6 Å². The first-order valence-corrected chi connectivity index (χ1v) is 9.05. The van der Waals surface area contributed by atoms with Gasteiger partial charge in [0.05, 0.1) is 6.10 Å². The molecule has 3 saturated carbocycles. The minimum absolute atomic E-state index is 0.131. The van der Waals surface area contributed by atoms with Gasteiger partial charge in [-0.15, -0.1) is 0 Å². The molecule has 0 bridgehead atoms. The maximum absolute atomic E-state index is 12.9. The van der Waals surface area contributed by atoms with Crippen LogP contribution >= 0.6 is 0 Å². The molecule has 0 aliphatic heterocycles. The Morgan fingerprint density at radius 2 is 1.91 bits per heavy atom. The molecule has 0 aromatic heterocycles. The van der Waals surface area contributed by atoms with Gasteiger partial charge in [0.25, 0.3) is 0 Å². The van der Waals surface area contributed by atoms with Gasteiger partial charge in [0.1, 0.15) is 0 Å². The van der Waals surface area contributed by atoms with E-state index in [-0.39, 0.29) is 28.9 Å². The molecule has 4 aliphatic carbocycles. The number of fused-ring (bicyclic) bond motifs is 5. The lowest BCUT2D eigenvalue weighted by Crippen LogP contribution is -2.55. The molecule has 0 saturated heterocycles. The van der Waals surface area contributed by atoms with E-state index in [9.17, 15) is 9.90 Å². The molecular formula is C19H29NO2. The fraction of sp³-hybridized carbons (Fsp3) is 0.842. The standard InChI is InChI=1S/C19H29NO2/c1-18-7-5-12(21)9-11(18)10-15(22)17-13-3-4-16(20)19(13,2)8-6-14(17)18/h10,12-14,16-17,21H,3-9,20H2,1-2H3/t12?,13-,14+,16?,17-,18-,19-/m0/s1. The Morgan fingerprint density at radius 3 is 2.68 bits per heavy atom. The van der Waals surface area contributed by atoms with Gasteiger partial charge in [-0.25, -0.2) is 0 Å². The predicted molar refractivity (Wildman–Crippen MR) is 86.1 cm³/mol. The molecule has 122 valence electrons. The molecule has 0 radical (unpaired) electrons. The summed E-state index contributed by atoms with van der Waals surface area (Å²) in [5.41, 5.74) is 7.93. The molecule has 4 rings (SSSR count). The summed E-state index contributed by atoms with van der Waals surface area (Å²) >= 11 is 0. The SMILES string of the molecule is C[C@]12CCC(O)CC1=CC(=O)[C@@H]1[C@H]2CC[C@]2(C)C(N)CC[C@@H]12.